The number of aliphatic hydroxyl groups is 1. The number of esters is 1. The molecule has 0 aromatic heterocycles. The van der Waals surface area contributed by atoms with Crippen LogP contribution in [0.5, 0.6) is 0 Å². The summed E-state index contributed by atoms with van der Waals surface area (Å²) < 4.78 is 4.77. The summed E-state index contributed by atoms with van der Waals surface area (Å²) in [4.78, 5) is 11.6. The van der Waals surface area contributed by atoms with Crippen LogP contribution in [0.15, 0.2) is 0 Å². The third kappa shape index (κ3) is 1.26. The van der Waals surface area contributed by atoms with Crippen molar-refractivity contribution < 1.29 is 14.6 Å². The molecule has 76 valence electrons. The molecule has 0 spiro atoms. The highest BCUT2D eigenvalue weighted by molar-refractivity contribution is 5.78. The van der Waals surface area contributed by atoms with E-state index in [1.165, 1.54) is 7.11 Å². The number of carbonyl (C=O) groups excluding carboxylic acids is 1. The van der Waals surface area contributed by atoms with Crippen LogP contribution in [0, 0.1) is 10.8 Å². The Kier molecular flexibility index (Phi) is 2.41. The monoisotopic (exact) mass is 186 g/mol. The highest BCUT2D eigenvalue weighted by Crippen LogP contribution is 2.52. The molecule has 1 rings (SSSR count). The third-order valence-electron chi connectivity index (χ3n) is 3.81. The molecule has 0 heterocycles. The number of methoxy groups -OCH3 is 1. The quantitative estimate of drug-likeness (QED) is 0.629. The van der Waals surface area contributed by atoms with Gasteiger partial charge in [-0.05, 0) is 19.8 Å². The number of hydrogen-bond donors (Lipinski definition) is 1. The number of ether oxygens (including phenoxy) is 1. The van der Waals surface area contributed by atoms with Crippen LogP contribution in [0.1, 0.15) is 33.6 Å². The fraction of sp³-hybridized carbons (Fsp3) is 0.900. The van der Waals surface area contributed by atoms with Crippen LogP contribution in [-0.4, -0.2) is 24.3 Å². The fourth-order valence-corrected chi connectivity index (χ4v) is 2.07. The zero-order valence-corrected chi connectivity index (χ0v) is 8.76. The Bertz CT molecular complexity index is 222. The molecule has 0 unspecified atom stereocenters. The normalized spacial score (nSPS) is 37.5. The minimum Gasteiger partial charge on any atom is -0.469 e. The van der Waals surface area contributed by atoms with E-state index in [2.05, 4.69) is 0 Å². The van der Waals surface area contributed by atoms with Crippen molar-refractivity contribution in [3.05, 3.63) is 0 Å². The highest BCUT2D eigenvalue weighted by atomic mass is 16.5. The summed E-state index contributed by atoms with van der Waals surface area (Å²) in [6.07, 6.45) is 0.975. The van der Waals surface area contributed by atoms with Crippen molar-refractivity contribution in [1.29, 1.82) is 0 Å². The molecule has 0 radical (unpaired) electrons. The van der Waals surface area contributed by atoms with Gasteiger partial charge in [-0.15, -0.1) is 0 Å². The van der Waals surface area contributed by atoms with E-state index in [4.69, 9.17) is 4.74 Å². The minimum absolute atomic E-state index is 0.214. The predicted octanol–water partition coefficient (Wildman–Crippen LogP) is 1.35. The molecule has 0 aromatic rings. The summed E-state index contributed by atoms with van der Waals surface area (Å²) in [6.45, 7) is 5.71. The first-order chi connectivity index (χ1) is 5.86. The molecule has 3 heteroatoms. The van der Waals surface area contributed by atoms with Crippen LogP contribution in [0.4, 0.5) is 0 Å². The fourth-order valence-electron chi connectivity index (χ4n) is 2.07. The van der Waals surface area contributed by atoms with Crippen molar-refractivity contribution in [2.45, 2.75) is 39.7 Å². The zero-order chi connectivity index (χ0) is 10.3. The van der Waals surface area contributed by atoms with Crippen LogP contribution < -0.4 is 0 Å². The SMILES string of the molecule is COC(=O)[C@]1(C)CC[C@@H](O)C1(C)C. The van der Waals surface area contributed by atoms with Gasteiger partial charge in [0.2, 0.25) is 0 Å². The smallest absolute Gasteiger partial charge is 0.312 e. The van der Waals surface area contributed by atoms with Crippen molar-refractivity contribution in [3.8, 4) is 0 Å². The molecule has 1 aliphatic carbocycles. The lowest BCUT2D eigenvalue weighted by Gasteiger charge is -2.37. The molecule has 0 amide bonds. The molecule has 1 aliphatic rings. The third-order valence-corrected chi connectivity index (χ3v) is 3.81. The lowest BCUT2D eigenvalue weighted by molar-refractivity contribution is -0.159. The van der Waals surface area contributed by atoms with Crippen molar-refractivity contribution in [3.63, 3.8) is 0 Å². The second-order valence-electron chi connectivity index (χ2n) is 4.60. The van der Waals surface area contributed by atoms with Gasteiger partial charge < -0.3 is 9.84 Å². The van der Waals surface area contributed by atoms with Crippen LogP contribution in [0.2, 0.25) is 0 Å². The molecule has 13 heavy (non-hydrogen) atoms. The first kappa shape index (κ1) is 10.5. The number of carbonyl (C=O) groups is 1. The standard InChI is InChI=1S/C10H18O3/c1-9(2)7(11)5-6-10(9,3)8(12)13-4/h7,11H,5-6H2,1-4H3/t7-,10+/m1/s1. The summed E-state index contributed by atoms with van der Waals surface area (Å²) in [6, 6.07) is 0. The van der Waals surface area contributed by atoms with Crippen LogP contribution in [0.3, 0.4) is 0 Å². The van der Waals surface area contributed by atoms with Crippen LogP contribution >= 0.6 is 0 Å². The molecule has 2 atom stereocenters. The summed E-state index contributed by atoms with van der Waals surface area (Å²) >= 11 is 0. The Balaban J connectivity index is 2.98. The maximum absolute atomic E-state index is 11.6. The maximum Gasteiger partial charge on any atom is 0.312 e. The Morgan fingerprint density at radius 2 is 2.00 bits per heavy atom. The van der Waals surface area contributed by atoms with E-state index in [0.29, 0.717) is 12.8 Å². The van der Waals surface area contributed by atoms with Crippen LogP contribution in [-0.2, 0) is 9.53 Å². The largest absolute Gasteiger partial charge is 0.469 e. The summed E-state index contributed by atoms with van der Waals surface area (Å²) in [5, 5.41) is 9.73. The van der Waals surface area contributed by atoms with Gasteiger partial charge in [0, 0.05) is 5.41 Å². The Morgan fingerprint density at radius 1 is 1.46 bits per heavy atom. The first-order valence-electron chi connectivity index (χ1n) is 4.63. The van der Waals surface area contributed by atoms with Crippen molar-refractivity contribution in [2.75, 3.05) is 7.11 Å². The molecule has 0 saturated heterocycles. The van der Waals surface area contributed by atoms with Gasteiger partial charge in [0.15, 0.2) is 0 Å². The molecule has 0 aliphatic heterocycles. The molecule has 3 nitrogen and oxygen atoms in total. The van der Waals surface area contributed by atoms with E-state index in [-0.39, 0.29) is 11.4 Å². The maximum atomic E-state index is 11.6. The second kappa shape index (κ2) is 2.98. The summed E-state index contributed by atoms with van der Waals surface area (Å²) in [5.74, 6) is -0.214. The molecular weight excluding hydrogens is 168 g/mol. The van der Waals surface area contributed by atoms with Gasteiger partial charge in [-0.2, -0.15) is 0 Å². The Morgan fingerprint density at radius 3 is 2.31 bits per heavy atom. The molecular formula is C10H18O3. The van der Waals surface area contributed by atoms with Gasteiger partial charge >= 0.3 is 5.97 Å². The van der Waals surface area contributed by atoms with E-state index in [1.807, 2.05) is 20.8 Å². The number of hydrogen-bond acceptors (Lipinski definition) is 3. The van der Waals surface area contributed by atoms with Gasteiger partial charge in [0.25, 0.3) is 0 Å². The van der Waals surface area contributed by atoms with E-state index in [0.717, 1.165) is 0 Å². The first-order valence-corrected chi connectivity index (χ1v) is 4.63. The molecule has 1 saturated carbocycles. The topological polar surface area (TPSA) is 46.5 Å². The lowest BCUT2D eigenvalue weighted by atomic mass is 9.68. The lowest BCUT2D eigenvalue weighted by Crippen LogP contribution is -2.43. The van der Waals surface area contributed by atoms with E-state index in [9.17, 15) is 9.90 Å². The van der Waals surface area contributed by atoms with Gasteiger partial charge in [-0.25, -0.2) is 0 Å². The van der Waals surface area contributed by atoms with Gasteiger partial charge in [-0.1, -0.05) is 13.8 Å². The van der Waals surface area contributed by atoms with Crippen LogP contribution in [0.25, 0.3) is 0 Å². The molecule has 1 fully saturated rings. The average Bonchev–Trinajstić information content (AvgIpc) is 2.29. The Labute approximate surface area is 79.1 Å². The molecule has 1 N–H and O–H groups in total. The van der Waals surface area contributed by atoms with Gasteiger partial charge in [0.1, 0.15) is 0 Å². The number of aliphatic hydroxyl groups excluding tert-OH is 1. The predicted molar refractivity (Wildman–Crippen MR) is 49.1 cm³/mol. The highest BCUT2D eigenvalue weighted by Gasteiger charge is 2.56. The summed E-state index contributed by atoms with van der Waals surface area (Å²) in [7, 11) is 1.40. The van der Waals surface area contributed by atoms with E-state index < -0.39 is 11.5 Å². The van der Waals surface area contributed by atoms with Gasteiger partial charge in [-0.3, -0.25) is 4.79 Å². The van der Waals surface area contributed by atoms with E-state index >= 15 is 0 Å². The van der Waals surface area contributed by atoms with Crippen molar-refractivity contribution >= 4 is 5.97 Å². The van der Waals surface area contributed by atoms with E-state index in [1.54, 1.807) is 0 Å². The molecule has 0 aromatic carbocycles. The Hall–Kier alpha value is -0.570. The zero-order valence-electron chi connectivity index (χ0n) is 8.76. The van der Waals surface area contributed by atoms with Crippen molar-refractivity contribution in [2.24, 2.45) is 10.8 Å². The second-order valence-corrected chi connectivity index (χ2v) is 4.60. The van der Waals surface area contributed by atoms with Crippen molar-refractivity contribution in [1.82, 2.24) is 0 Å². The minimum atomic E-state index is -0.541. The number of rotatable bonds is 1. The average molecular weight is 186 g/mol. The molecule has 0 bridgehead atoms. The van der Waals surface area contributed by atoms with Gasteiger partial charge in [0.05, 0.1) is 18.6 Å². The summed E-state index contributed by atoms with van der Waals surface area (Å²) in [5.41, 5.74) is -0.929.